The lowest BCUT2D eigenvalue weighted by atomic mass is 9.74. The molecule has 3 heteroatoms. The molecule has 2 atom stereocenters. The third kappa shape index (κ3) is 2.96. The molecule has 0 saturated heterocycles. The second-order valence-electron chi connectivity index (χ2n) is 5.57. The first-order chi connectivity index (χ1) is 9.15. The molecule has 2 unspecified atom stereocenters. The van der Waals surface area contributed by atoms with Gasteiger partial charge >= 0.3 is 5.97 Å². The number of ether oxygens (including phenoxy) is 1. The van der Waals surface area contributed by atoms with E-state index in [1.807, 2.05) is 19.2 Å². The van der Waals surface area contributed by atoms with Gasteiger partial charge in [0.05, 0.1) is 12.5 Å². The fourth-order valence-corrected chi connectivity index (χ4v) is 3.13. The smallest absolute Gasteiger partial charge is 0.309 e. The van der Waals surface area contributed by atoms with Crippen LogP contribution >= 0.6 is 0 Å². The molecule has 104 valence electrons. The van der Waals surface area contributed by atoms with Gasteiger partial charge < -0.3 is 4.74 Å². The molecule has 0 spiro atoms. The van der Waals surface area contributed by atoms with Gasteiger partial charge in [0.1, 0.15) is 0 Å². The van der Waals surface area contributed by atoms with E-state index in [9.17, 15) is 4.79 Å². The van der Waals surface area contributed by atoms with Crippen LogP contribution in [0.5, 0.6) is 0 Å². The fraction of sp³-hybridized carbons (Fsp3) is 0.625. The van der Waals surface area contributed by atoms with Crippen LogP contribution in [-0.4, -0.2) is 17.6 Å². The van der Waals surface area contributed by atoms with Crippen molar-refractivity contribution in [1.82, 2.24) is 4.98 Å². The van der Waals surface area contributed by atoms with E-state index in [2.05, 4.69) is 24.9 Å². The minimum atomic E-state index is -0.0751. The highest BCUT2D eigenvalue weighted by molar-refractivity contribution is 5.74. The van der Waals surface area contributed by atoms with Crippen LogP contribution in [0.25, 0.3) is 0 Å². The molecule has 0 aliphatic heterocycles. The highest BCUT2D eigenvalue weighted by atomic mass is 16.5. The molecule has 0 bridgehead atoms. The summed E-state index contributed by atoms with van der Waals surface area (Å²) in [5, 5.41) is 0. The van der Waals surface area contributed by atoms with E-state index in [1.54, 1.807) is 0 Å². The molecule has 0 N–H and O–H groups in total. The highest BCUT2D eigenvalue weighted by Crippen LogP contribution is 2.39. The Balaban J connectivity index is 2.31. The number of hydrogen-bond acceptors (Lipinski definition) is 3. The van der Waals surface area contributed by atoms with Crippen molar-refractivity contribution in [2.45, 2.75) is 46.0 Å². The maximum absolute atomic E-state index is 12.2. The Morgan fingerprint density at radius 2 is 2.32 bits per heavy atom. The molecule has 1 aliphatic rings. The van der Waals surface area contributed by atoms with Gasteiger partial charge in [-0.2, -0.15) is 0 Å². The van der Waals surface area contributed by atoms with Crippen LogP contribution in [0.4, 0.5) is 0 Å². The lowest BCUT2D eigenvalue weighted by Gasteiger charge is -2.32. The molecule has 2 rings (SSSR count). The maximum Gasteiger partial charge on any atom is 0.309 e. The third-order valence-electron chi connectivity index (χ3n) is 3.95. The first-order valence-corrected chi connectivity index (χ1v) is 7.25. The first kappa shape index (κ1) is 14.0. The summed E-state index contributed by atoms with van der Waals surface area (Å²) in [6.07, 6.45) is 5.07. The number of aromatic nitrogens is 1. The zero-order valence-corrected chi connectivity index (χ0v) is 12.1. The van der Waals surface area contributed by atoms with Crippen molar-refractivity contribution in [3.05, 3.63) is 29.6 Å². The van der Waals surface area contributed by atoms with Crippen LogP contribution in [-0.2, 0) is 16.0 Å². The molecule has 1 aromatic heterocycles. The molecule has 0 saturated carbocycles. The number of nitrogens with zero attached hydrogens (tertiary/aromatic N) is 1. The van der Waals surface area contributed by atoms with Crippen molar-refractivity contribution in [3.8, 4) is 0 Å². The second kappa shape index (κ2) is 6.18. The first-order valence-electron chi connectivity index (χ1n) is 7.25. The fourth-order valence-electron chi connectivity index (χ4n) is 3.13. The van der Waals surface area contributed by atoms with E-state index in [1.165, 1.54) is 5.56 Å². The summed E-state index contributed by atoms with van der Waals surface area (Å²) in [5.74, 6) is 0.343. The van der Waals surface area contributed by atoms with E-state index in [-0.39, 0.29) is 23.7 Å². The number of fused-ring (bicyclic) bond motifs is 1. The van der Waals surface area contributed by atoms with Crippen LogP contribution in [0, 0.1) is 11.8 Å². The second-order valence-corrected chi connectivity index (χ2v) is 5.57. The Labute approximate surface area is 115 Å². The summed E-state index contributed by atoms with van der Waals surface area (Å²) < 4.78 is 5.27. The predicted octanol–water partition coefficient (Wildman–Crippen LogP) is 3.34. The number of hydrogen-bond donors (Lipinski definition) is 0. The van der Waals surface area contributed by atoms with Gasteiger partial charge in [-0.3, -0.25) is 9.78 Å². The molecular formula is C16H23NO2. The number of carbonyl (C=O) groups excluding carboxylic acids is 1. The summed E-state index contributed by atoms with van der Waals surface area (Å²) in [7, 11) is 0. The standard InChI is InChI=1S/C16H23NO2/c1-4-19-16(18)14(11(2)3)13-9-5-7-12-8-6-10-17-15(12)13/h6,8,10-11,13-14H,4-5,7,9H2,1-3H3. The van der Waals surface area contributed by atoms with Crippen molar-refractivity contribution in [2.75, 3.05) is 6.61 Å². The maximum atomic E-state index is 12.2. The van der Waals surface area contributed by atoms with Crippen LogP contribution in [0.15, 0.2) is 18.3 Å². The lowest BCUT2D eigenvalue weighted by molar-refractivity contribution is -0.150. The van der Waals surface area contributed by atoms with Crippen LogP contribution < -0.4 is 0 Å². The Bertz CT molecular complexity index is 442. The summed E-state index contributed by atoms with van der Waals surface area (Å²) in [6, 6.07) is 4.12. The van der Waals surface area contributed by atoms with E-state index in [4.69, 9.17) is 4.74 Å². The lowest BCUT2D eigenvalue weighted by Crippen LogP contribution is -2.31. The molecule has 1 heterocycles. The Morgan fingerprint density at radius 3 is 3.00 bits per heavy atom. The molecule has 0 radical (unpaired) electrons. The van der Waals surface area contributed by atoms with Crippen molar-refractivity contribution in [1.29, 1.82) is 0 Å². The number of aryl methyl sites for hydroxylation is 1. The molecule has 1 aliphatic carbocycles. The van der Waals surface area contributed by atoms with Gasteiger partial charge in [-0.05, 0) is 43.7 Å². The van der Waals surface area contributed by atoms with E-state index >= 15 is 0 Å². The Morgan fingerprint density at radius 1 is 1.53 bits per heavy atom. The zero-order chi connectivity index (χ0) is 13.8. The van der Waals surface area contributed by atoms with Gasteiger partial charge in [0, 0.05) is 17.8 Å². The topological polar surface area (TPSA) is 39.2 Å². The number of esters is 1. The van der Waals surface area contributed by atoms with Crippen LogP contribution in [0.1, 0.15) is 50.8 Å². The number of pyridine rings is 1. The number of carbonyl (C=O) groups is 1. The molecule has 3 nitrogen and oxygen atoms in total. The Kier molecular flexibility index (Phi) is 4.56. The van der Waals surface area contributed by atoms with Gasteiger partial charge in [-0.15, -0.1) is 0 Å². The highest BCUT2D eigenvalue weighted by Gasteiger charge is 2.36. The predicted molar refractivity (Wildman–Crippen MR) is 74.9 cm³/mol. The normalized spacial score (nSPS) is 19.9. The van der Waals surface area contributed by atoms with Gasteiger partial charge in [0.15, 0.2) is 0 Å². The molecule has 19 heavy (non-hydrogen) atoms. The van der Waals surface area contributed by atoms with Crippen molar-refractivity contribution in [3.63, 3.8) is 0 Å². The van der Waals surface area contributed by atoms with Crippen LogP contribution in [0.3, 0.4) is 0 Å². The van der Waals surface area contributed by atoms with Gasteiger partial charge in [0.25, 0.3) is 0 Å². The quantitative estimate of drug-likeness (QED) is 0.780. The van der Waals surface area contributed by atoms with Crippen molar-refractivity contribution in [2.24, 2.45) is 11.8 Å². The van der Waals surface area contributed by atoms with Gasteiger partial charge in [-0.1, -0.05) is 19.9 Å². The summed E-state index contributed by atoms with van der Waals surface area (Å²) >= 11 is 0. The Hall–Kier alpha value is -1.38. The van der Waals surface area contributed by atoms with Crippen LogP contribution in [0.2, 0.25) is 0 Å². The van der Waals surface area contributed by atoms with Crippen molar-refractivity contribution >= 4 is 5.97 Å². The largest absolute Gasteiger partial charge is 0.466 e. The zero-order valence-electron chi connectivity index (χ0n) is 12.1. The van der Waals surface area contributed by atoms with Gasteiger partial charge in [-0.25, -0.2) is 0 Å². The molecule has 1 aromatic rings. The molecule has 0 aromatic carbocycles. The summed E-state index contributed by atoms with van der Waals surface area (Å²) in [6.45, 7) is 6.50. The molecular weight excluding hydrogens is 238 g/mol. The average molecular weight is 261 g/mol. The van der Waals surface area contributed by atoms with E-state index in [0.29, 0.717) is 6.61 Å². The molecule has 0 fully saturated rings. The number of rotatable bonds is 4. The summed E-state index contributed by atoms with van der Waals surface area (Å²) in [4.78, 5) is 16.8. The monoisotopic (exact) mass is 261 g/mol. The van der Waals surface area contributed by atoms with Crippen molar-refractivity contribution < 1.29 is 9.53 Å². The summed E-state index contributed by atoms with van der Waals surface area (Å²) in [5.41, 5.74) is 2.41. The minimum absolute atomic E-state index is 0.0685. The minimum Gasteiger partial charge on any atom is -0.466 e. The SMILES string of the molecule is CCOC(=O)C(C(C)C)C1CCCc2cccnc21. The third-order valence-corrected chi connectivity index (χ3v) is 3.95. The van der Waals surface area contributed by atoms with Gasteiger partial charge in [0.2, 0.25) is 0 Å². The molecule has 0 amide bonds. The van der Waals surface area contributed by atoms with E-state index in [0.717, 1.165) is 25.0 Å². The van der Waals surface area contributed by atoms with E-state index < -0.39 is 0 Å². The average Bonchev–Trinajstić information content (AvgIpc) is 2.39.